The summed E-state index contributed by atoms with van der Waals surface area (Å²) in [5.74, 6) is 2.18. The number of rotatable bonds is 5. The van der Waals surface area contributed by atoms with Gasteiger partial charge >= 0.3 is 0 Å². The average Bonchev–Trinajstić information content (AvgIpc) is 3.26. The highest BCUT2D eigenvalue weighted by atomic mass is 16.5. The van der Waals surface area contributed by atoms with Crippen molar-refractivity contribution < 1.29 is 14.3 Å². The van der Waals surface area contributed by atoms with Crippen LogP contribution in [0.3, 0.4) is 0 Å². The Morgan fingerprint density at radius 3 is 3.00 bits per heavy atom. The van der Waals surface area contributed by atoms with E-state index in [2.05, 4.69) is 20.5 Å². The zero-order valence-corrected chi connectivity index (χ0v) is 14.9. The molecule has 0 spiro atoms. The Bertz CT molecular complexity index is 940. The Morgan fingerprint density at radius 2 is 2.19 bits per heavy atom. The van der Waals surface area contributed by atoms with Gasteiger partial charge in [-0.2, -0.15) is 5.10 Å². The van der Waals surface area contributed by atoms with Crippen LogP contribution < -0.4 is 14.8 Å². The maximum absolute atomic E-state index is 12.7. The zero-order chi connectivity index (χ0) is 18.6. The van der Waals surface area contributed by atoms with Crippen LogP contribution in [0.2, 0.25) is 0 Å². The van der Waals surface area contributed by atoms with E-state index in [9.17, 15) is 4.79 Å². The highest BCUT2D eigenvalue weighted by Crippen LogP contribution is 2.35. The first-order valence-electron chi connectivity index (χ1n) is 8.78. The number of aromatic amines is 1. The van der Waals surface area contributed by atoms with Gasteiger partial charge in [0, 0.05) is 18.0 Å². The molecule has 7 nitrogen and oxygen atoms in total. The van der Waals surface area contributed by atoms with Crippen LogP contribution in [0.5, 0.6) is 11.5 Å². The molecule has 1 unspecified atom stereocenters. The van der Waals surface area contributed by atoms with E-state index in [1.165, 1.54) is 6.33 Å². The molecule has 2 heterocycles. The van der Waals surface area contributed by atoms with Crippen molar-refractivity contribution in [3.8, 4) is 22.9 Å². The van der Waals surface area contributed by atoms with Gasteiger partial charge in [-0.1, -0.05) is 30.3 Å². The number of aromatic nitrogens is 3. The molecule has 27 heavy (non-hydrogen) atoms. The molecule has 4 rings (SSSR count). The summed E-state index contributed by atoms with van der Waals surface area (Å²) in [6, 6.07) is 13.2. The molecule has 0 saturated carbocycles. The fourth-order valence-electron chi connectivity index (χ4n) is 3.30. The fourth-order valence-corrected chi connectivity index (χ4v) is 3.30. The first kappa shape index (κ1) is 17.1. The van der Waals surface area contributed by atoms with Crippen LogP contribution in [-0.4, -0.2) is 41.3 Å². The molecule has 1 amide bonds. The van der Waals surface area contributed by atoms with Gasteiger partial charge in [0.25, 0.3) is 5.91 Å². The molecule has 2 N–H and O–H groups in total. The third kappa shape index (κ3) is 3.48. The topological polar surface area (TPSA) is 89.1 Å². The van der Waals surface area contributed by atoms with Crippen molar-refractivity contribution in [2.24, 2.45) is 5.92 Å². The molecular weight excluding hydrogens is 344 g/mol. The second-order valence-corrected chi connectivity index (χ2v) is 6.42. The van der Waals surface area contributed by atoms with Crippen molar-refractivity contribution in [3.63, 3.8) is 0 Å². The molecule has 3 aromatic rings. The lowest BCUT2D eigenvalue weighted by Gasteiger charge is -2.26. The predicted octanol–water partition coefficient (Wildman–Crippen LogP) is 2.46. The molecule has 0 saturated heterocycles. The number of benzene rings is 2. The van der Waals surface area contributed by atoms with Gasteiger partial charge in [-0.15, -0.1) is 0 Å². The minimum absolute atomic E-state index is 0.140. The number of nitrogens with zero attached hydrogens (tertiary/aromatic N) is 2. The number of carbonyl (C=O) groups excluding carboxylic acids is 1. The van der Waals surface area contributed by atoms with E-state index in [0.29, 0.717) is 24.5 Å². The van der Waals surface area contributed by atoms with Crippen LogP contribution >= 0.6 is 0 Å². The molecule has 0 bridgehead atoms. The number of ether oxygens (including phenoxy) is 2. The van der Waals surface area contributed by atoms with E-state index >= 15 is 0 Å². The van der Waals surface area contributed by atoms with Gasteiger partial charge in [-0.3, -0.25) is 9.89 Å². The van der Waals surface area contributed by atoms with Crippen molar-refractivity contribution in [3.05, 3.63) is 59.9 Å². The number of nitrogens with one attached hydrogen (secondary N) is 2. The summed E-state index contributed by atoms with van der Waals surface area (Å²) in [7, 11) is 1.64. The van der Waals surface area contributed by atoms with E-state index in [-0.39, 0.29) is 11.8 Å². The maximum atomic E-state index is 12.7. The standard InChI is InChI=1S/C20H20N4O3/c1-26-17-8-4-5-14-9-13(11-27-18(14)17)10-21-20(25)16-7-3-2-6-15(16)19-22-12-23-24-19/h2-8,12-13H,9-11H2,1H3,(H,21,25)(H,22,23,24). The molecule has 1 aliphatic rings. The first-order valence-corrected chi connectivity index (χ1v) is 8.78. The lowest BCUT2D eigenvalue weighted by molar-refractivity contribution is 0.0939. The van der Waals surface area contributed by atoms with Crippen molar-refractivity contribution in [1.29, 1.82) is 0 Å². The second kappa shape index (κ2) is 7.49. The molecule has 0 aliphatic carbocycles. The van der Waals surface area contributed by atoms with Crippen molar-refractivity contribution in [2.75, 3.05) is 20.3 Å². The number of hydrogen-bond acceptors (Lipinski definition) is 5. The number of fused-ring (bicyclic) bond motifs is 1. The molecule has 2 aromatic carbocycles. The van der Waals surface area contributed by atoms with Crippen molar-refractivity contribution in [2.45, 2.75) is 6.42 Å². The summed E-state index contributed by atoms with van der Waals surface area (Å²) in [6.45, 7) is 1.07. The summed E-state index contributed by atoms with van der Waals surface area (Å²) in [6.07, 6.45) is 2.26. The van der Waals surface area contributed by atoms with E-state index < -0.39 is 0 Å². The Morgan fingerprint density at radius 1 is 1.30 bits per heavy atom. The van der Waals surface area contributed by atoms with E-state index in [1.54, 1.807) is 13.2 Å². The summed E-state index contributed by atoms with van der Waals surface area (Å²) in [5.41, 5.74) is 2.39. The van der Waals surface area contributed by atoms with Gasteiger partial charge in [0.1, 0.15) is 6.33 Å². The van der Waals surface area contributed by atoms with Gasteiger partial charge in [0.15, 0.2) is 17.3 Å². The van der Waals surface area contributed by atoms with Gasteiger partial charge in [-0.25, -0.2) is 4.98 Å². The molecule has 1 atom stereocenters. The monoisotopic (exact) mass is 364 g/mol. The van der Waals surface area contributed by atoms with Gasteiger partial charge in [-0.05, 0) is 24.1 Å². The minimum atomic E-state index is -0.140. The lowest BCUT2D eigenvalue weighted by atomic mass is 9.96. The Labute approximate surface area is 156 Å². The van der Waals surface area contributed by atoms with E-state index in [1.807, 2.05) is 36.4 Å². The number of hydrogen-bond donors (Lipinski definition) is 2. The number of carbonyl (C=O) groups is 1. The number of methoxy groups -OCH3 is 1. The molecule has 1 aromatic heterocycles. The van der Waals surface area contributed by atoms with Crippen LogP contribution in [0.25, 0.3) is 11.4 Å². The van der Waals surface area contributed by atoms with Crippen LogP contribution in [0.4, 0.5) is 0 Å². The van der Waals surface area contributed by atoms with Crippen molar-refractivity contribution >= 4 is 5.91 Å². The second-order valence-electron chi connectivity index (χ2n) is 6.42. The van der Waals surface area contributed by atoms with E-state index in [4.69, 9.17) is 9.47 Å². The van der Waals surface area contributed by atoms with Crippen LogP contribution in [0, 0.1) is 5.92 Å². The molecule has 0 fully saturated rings. The molecule has 1 aliphatic heterocycles. The summed E-state index contributed by atoms with van der Waals surface area (Å²) in [4.78, 5) is 16.9. The molecule has 0 radical (unpaired) electrons. The van der Waals surface area contributed by atoms with Gasteiger partial charge in [0.2, 0.25) is 0 Å². The first-order chi connectivity index (χ1) is 13.3. The Balaban J connectivity index is 1.44. The summed E-state index contributed by atoms with van der Waals surface area (Å²) in [5, 5.41) is 9.68. The number of para-hydroxylation sites is 1. The number of H-pyrrole nitrogens is 1. The van der Waals surface area contributed by atoms with Crippen LogP contribution in [0.1, 0.15) is 15.9 Å². The van der Waals surface area contributed by atoms with Gasteiger partial charge < -0.3 is 14.8 Å². The molecular formula is C20H20N4O3. The largest absolute Gasteiger partial charge is 0.493 e. The minimum Gasteiger partial charge on any atom is -0.493 e. The maximum Gasteiger partial charge on any atom is 0.252 e. The quantitative estimate of drug-likeness (QED) is 0.726. The average molecular weight is 364 g/mol. The lowest BCUT2D eigenvalue weighted by Crippen LogP contribution is -2.35. The Kier molecular flexibility index (Phi) is 4.74. The predicted molar refractivity (Wildman–Crippen MR) is 99.8 cm³/mol. The molecule has 7 heteroatoms. The van der Waals surface area contributed by atoms with Gasteiger partial charge in [0.05, 0.1) is 19.3 Å². The van der Waals surface area contributed by atoms with E-state index in [0.717, 1.165) is 29.0 Å². The van der Waals surface area contributed by atoms with Crippen molar-refractivity contribution in [1.82, 2.24) is 20.5 Å². The van der Waals surface area contributed by atoms with Crippen LogP contribution in [0.15, 0.2) is 48.8 Å². The highest BCUT2D eigenvalue weighted by molar-refractivity contribution is 6.00. The summed E-state index contributed by atoms with van der Waals surface area (Å²) >= 11 is 0. The third-order valence-corrected chi connectivity index (χ3v) is 4.65. The number of amides is 1. The summed E-state index contributed by atoms with van der Waals surface area (Å²) < 4.78 is 11.2. The fraction of sp³-hybridized carbons (Fsp3) is 0.250. The normalized spacial score (nSPS) is 15.5. The third-order valence-electron chi connectivity index (χ3n) is 4.65. The smallest absolute Gasteiger partial charge is 0.252 e. The zero-order valence-electron chi connectivity index (χ0n) is 14.9. The SMILES string of the molecule is COc1cccc2c1OCC(CNC(=O)c1ccccc1-c1ncn[nH]1)C2. The highest BCUT2D eigenvalue weighted by Gasteiger charge is 2.23. The van der Waals surface area contributed by atoms with Crippen LogP contribution in [-0.2, 0) is 6.42 Å². The molecule has 138 valence electrons. The Hall–Kier alpha value is -3.35.